The molecule has 0 aliphatic rings. The second-order valence-electron chi connectivity index (χ2n) is 5.07. The lowest BCUT2D eigenvalue weighted by atomic mass is 9.74. The Kier molecular flexibility index (Phi) is 5.84. The van der Waals surface area contributed by atoms with Crippen LogP contribution in [0.15, 0.2) is 0 Å². The van der Waals surface area contributed by atoms with E-state index in [0.717, 1.165) is 12.3 Å². The van der Waals surface area contributed by atoms with Gasteiger partial charge in [-0.3, -0.25) is 0 Å². The predicted molar refractivity (Wildman–Crippen MR) is 61.9 cm³/mol. The van der Waals surface area contributed by atoms with Crippen molar-refractivity contribution in [2.45, 2.75) is 60.3 Å². The third-order valence-electron chi connectivity index (χ3n) is 3.27. The van der Waals surface area contributed by atoms with Crippen LogP contribution in [0.3, 0.4) is 0 Å². The van der Waals surface area contributed by atoms with Gasteiger partial charge >= 0.3 is 0 Å². The number of nitriles is 1. The fourth-order valence-electron chi connectivity index (χ4n) is 2.16. The number of rotatable bonds is 6. The summed E-state index contributed by atoms with van der Waals surface area (Å²) in [5.74, 6) is 1.31. The molecule has 0 aromatic rings. The van der Waals surface area contributed by atoms with Gasteiger partial charge in [0.2, 0.25) is 0 Å². The van der Waals surface area contributed by atoms with Crippen molar-refractivity contribution < 1.29 is 0 Å². The van der Waals surface area contributed by atoms with E-state index in [1.807, 2.05) is 0 Å². The molecule has 1 heteroatoms. The second-order valence-corrected chi connectivity index (χ2v) is 5.07. The van der Waals surface area contributed by atoms with Crippen LogP contribution < -0.4 is 0 Å². The molecule has 0 rings (SSSR count). The first kappa shape index (κ1) is 13.5. The molecule has 0 saturated heterocycles. The Morgan fingerprint density at radius 2 is 1.86 bits per heavy atom. The van der Waals surface area contributed by atoms with Crippen LogP contribution in [0, 0.1) is 28.6 Å². The zero-order valence-corrected chi connectivity index (χ0v) is 10.4. The standard InChI is InChI=1S/C13H25N/c1-6-8-11(3)9-12(7-2)13(4,5)10-14/h11-12H,6-9H2,1-5H3. The Morgan fingerprint density at radius 1 is 1.29 bits per heavy atom. The highest BCUT2D eigenvalue weighted by Crippen LogP contribution is 2.34. The van der Waals surface area contributed by atoms with Crippen LogP contribution in [0.1, 0.15) is 60.3 Å². The summed E-state index contributed by atoms with van der Waals surface area (Å²) >= 11 is 0. The van der Waals surface area contributed by atoms with Crippen LogP contribution in [0.2, 0.25) is 0 Å². The van der Waals surface area contributed by atoms with Gasteiger partial charge in [-0.05, 0) is 32.1 Å². The minimum absolute atomic E-state index is 0.156. The maximum atomic E-state index is 9.09. The van der Waals surface area contributed by atoms with Crippen LogP contribution in [0.25, 0.3) is 0 Å². The van der Waals surface area contributed by atoms with Crippen molar-refractivity contribution in [2.75, 3.05) is 0 Å². The normalized spacial score (nSPS) is 16.0. The van der Waals surface area contributed by atoms with E-state index in [4.69, 9.17) is 5.26 Å². The molecule has 82 valence electrons. The van der Waals surface area contributed by atoms with Gasteiger partial charge in [0.25, 0.3) is 0 Å². The van der Waals surface area contributed by atoms with E-state index >= 15 is 0 Å². The quantitative estimate of drug-likeness (QED) is 0.616. The van der Waals surface area contributed by atoms with Crippen LogP contribution in [-0.4, -0.2) is 0 Å². The van der Waals surface area contributed by atoms with Crippen LogP contribution in [-0.2, 0) is 0 Å². The molecule has 0 radical (unpaired) electrons. The van der Waals surface area contributed by atoms with Gasteiger partial charge in [0.05, 0.1) is 11.5 Å². The lowest BCUT2D eigenvalue weighted by Crippen LogP contribution is -2.23. The van der Waals surface area contributed by atoms with Gasteiger partial charge < -0.3 is 0 Å². The summed E-state index contributed by atoms with van der Waals surface area (Å²) in [5, 5.41) is 9.09. The Morgan fingerprint density at radius 3 is 2.21 bits per heavy atom. The largest absolute Gasteiger partial charge is 0.198 e. The summed E-state index contributed by atoms with van der Waals surface area (Å²) < 4.78 is 0. The molecule has 0 aliphatic carbocycles. The molecule has 2 unspecified atom stereocenters. The number of nitrogens with zero attached hydrogens (tertiary/aromatic N) is 1. The second kappa shape index (κ2) is 6.06. The monoisotopic (exact) mass is 195 g/mol. The third kappa shape index (κ3) is 4.13. The number of hydrogen-bond acceptors (Lipinski definition) is 1. The topological polar surface area (TPSA) is 23.8 Å². The molecule has 0 bridgehead atoms. The van der Waals surface area contributed by atoms with Crippen molar-refractivity contribution in [1.82, 2.24) is 0 Å². The Hall–Kier alpha value is -0.510. The zero-order chi connectivity index (χ0) is 11.2. The Labute approximate surface area is 89.5 Å². The molecular formula is C13H25N. The molecule has 14 heavy (non-hydrogen) atoms. The van der Waals surface area contributed by atoms with E-state index in [-0.39, 0.29) is 5.41 Å². The van der Waals surface area contributed by atoms with Crippen molar-refractivity contribution in [3.8, 4) is 6.07 Å². The first-order valence-electron chi connectivity index (χ1n) is 5.89. The van der Waals surface area contributed by atoms with Gasteiger partial charge in [0.15, 0.2) is 0 Å². The minimum atomic E-state index is -0.156. The van der Waals surface area contributed by atoms with E-state index in [2.05, 4.69) is 40.7 Å². The lowest BCUT2D eigenvalue weighted by Gasteiger charge is -2.29. The van der Waals surface area contributed by atoms with Crippen molar-refractivity contribution in [3.63, 3.8) is 0 Å². The molecule has 0 amide bonds. The highest BCUT2D eigenvalue weighted by Gasteiger charge is 2.28. The smallest absolute Gasteiger partial charge is 0.0686 e. The maximum Gasteiger partial charge on any atom is 0.0686 e. The predicted octanol–water partition coefficient (Wildman–Crippen LogP) is 4.39. The molecule has 0 heterocycles. The molecular weight excluding hydrogens is 170 g/mol. The van der Waals surface area contributed by atoms with Crippen LogP contribution >= 0.6 is 0 Å². The molecule has 0 N–H and O–H groups in total. The summed E-state index contributed by atoms with van der Waals surface area (Å²) in [6, 6.07) is 2.44. The fourth-order valence-corrected chi connectivity index (χ4v) is 2.16. The molecule has 0 spiro atoms. The molecule has 2 atom stereocenters. The molecule has 0 aliphatic heterocycles. The van der Waals surface area contributed by atoms with Crippen molar-refractivity contribution in [3.05, 3.63) is 0 Å². The summed E-state index contributed by atoms with van der Waals surface area (Å²) in [7, 11) is 0. The Balaban J connectivity index is 4.23. The fraction of sp³-hybridized carbons (Fsp3) is 0.923. The lowest BCUT2D eigenvalue weighted by molar-refractivity contribution is 0.228. The van der Waals surface area contributed by atoms with E-state index < -0.39 is 0 Å². The van der Waals surface area contributed by atoms with E-state index in [9.17, 15) is 0 Å². The summed E-state index contributed by atoms with van der Waals surface area (Å²) in [6.45, 7) is 10.9. The zero-order valence-electron chi connectivity index (χ0n) is 10.4. The Bertz CT molecular complexity index is 188. The minimum Gasteiger partial charge on any atom is -0.198 e. The molecule has 1 nitrogen and oxygen atoms in total. The summed E-state index contributed by atoms with van der Waals surface area (Å²) in [6.07, 6.45) is 4.86. The van der Waals surface area contributed by atoms with Crippen molar-refractivity contribution >= 4 is 0 Å². The van der Waals surface area contributed by atoms with E-state index in [1.165, 1.54) is 19.3 Å². The maximum absolute atomic E-state index is 9.09. The van der Waals surface area contributed by atoms with Gasteiger partial charge in [-0.2, -0.15) is 5.26 Å². The first-order valence-corrected chi connectivity index (χ1v) is 5.89. The molecule has 0 saturated carbocycles. The van der Waals surface area contributed by atoms with Gasteiger partial charge in [-0.15, -0.1) is 0 Å². The first-order chi connectivity index (χ1) is 6.47. The average molecular weight is 195 g/mol. The van der Waals surface area contributed by atoms with Gasteiger partial charge in [0.1, 0.15) is 0 Å². The summed E-state index contributed by atoms with van der Waals surface area (Å²) in [5.41, 5.74) is -0.156. The highest BCUT2D eigenvalue weighted by atomic mass is 14.4. The average Bonchev–Trinajstić information content (AvgIpc) is 2.14. The molecule has 0 aromatic heterocycles. The third-order valence-corrected chi connectivity index (χ3v) is 3.27. The van der Waals surface area contributed by atoms with E-state index in [0.29, 0.717) is 5.92 Å². The van der Waals surface area contributed by atoms with Crippen molar-refractivity contribution in [2.24, 2.45) is 17.3 Å². The van der Waals surface area contributed by atoms with Crippen LogP contribution in [0.4, 0.5) is 0 Å². The molecule has 0 aromatic carbocycles. The SMILES string of the molecule is CCCC(C)CC(CC)C(C)(C)C#N. The number of hydrogen-bond donors (Lipinski definition) is 0. The molecule has 0 fully saturated rings. The summed E-state index contributed by atoms with van der Waals surface area (Å²) in [4.78, 5) is 0. The van der Waals surface area contributed by atoms with Gasteiger partial charge in [-0.1, -0.05) is 40.0 Å². The van der Waals surface area contributed by atoms with Crippen molar-refractivity contribution in [1.29, 1.82) is 5.26 Å². The van der Waals surface area contributed by atoms with Gasteiger partial charge in [-0.25, -0.2) is 0 Å². The van der Waals surface area contributed by atoms with Gasteiger partial charge in [0, 0.05) is 0 Å². The van der Waals surface area contributed by atoms with E-state index in [1.54, 1.807) is 0 Å². The van der Waals surface area contributed by atoms with Crippen LogP contribution in [0.5, 0.6) is 0 Å². The highest BCUT2D eigenvalue weighted by molar-refractivity contribution is 4.96.